The fourth-order valence-electron chi connectivity index (χ4n) is 1.35. The quantitative estimate of drug-likeness (QED) is 0.795. The van der Waals surface area contributed by atoms with E-state index in [4.69, 9.17) is 5.73 Å². The number of nitrogens with two attached hydrogens (primary N) is 1. The first-order valence-corrected chi connectivity index (χ1v) is 5.28. The van der Waals surface area contributed by atoms with Crippen molar-refractivity contribution in [3.63, 3.8) is 0 Å². The Morgan fingerprint density at radius 1 is 1.53 bits per heavy atom. The zero-order valence-corrected chi connectivity index (χ0v) is 9.31. The van der Waals surface area contributed by atoms with Gasteiger partial charge in [-0.25, -0.2) is 0 Å². The summed E-state index contributed by atoms with van der Waals surface area (Å²) in [6, 6.07) is 3.52. The van der Waals surface area contributed by atoms with E-state index in [1.54, 1.807) is 12.4 Å². The van der Waals surface area contributed by atoms with Gasteiger partial charge in [-0.3, -0.25) is 9.78 Å². The largest absolute Gasteiger partial charge is 0.321 e. The molecule has 1 aromatic rings. The standard InChI is InChI=1S/C12H18N2O/c1-9(2)12(13)11(15)6-5-10-4-3-7-14-8-10/h3-4,7-9,12H,5-6,13H2,1-2H3/t12-/m1/s1. The van der Waals surface area contributed by atoms with Gasteiger partial charge in [-0.1, -0.05) is 19.9 Å². The van der Waals surface area contributed by atoms with E-state index in [1.807, 2.05) is 26.0 Å². The van der Waals surface area contributed by atoms with Gasteiger partial charge in [0.1, 0.15) is 5.78 Å². The van der Waals surface area contributed by atoms with Crippen molar-refractivity contribution in [3.05, 3.63) is 30.1 Å². The van der Waals surface area contributed by atoms with Crippen LogP contribution in [0, 0.1) is 5.92 Å². The van der Waals surface area contributed by atoms with Crippen molar-refractivity contribution < 1.29 is 4.79 Å². The monoisotopic (exact) mass is 206 g/mol. The molecule has 1 heterocycles. The first-order chi connectivity index (χ1) is 7.11. The maximum Gasteiger partial charge on any atom is 0.150 e. The van der Waals surface area contributed by atoms with Gasteiger partial charge in [0.15, 0.2) is 0 Å². The van der Waals surface area contributed by atoms with Gasteiger partial charge in [0.2, 0.25) is 0 Å². The average Bonchev–Trinajstić information content (AvgIpc) is 2.26. The molecule has 0 aliphatic rings. The second-order valence-electron chi connectivity index (χ2n) is 4.10. The molecule has 0 amide bonds. The summed E-state index contributed by atoms with van der Waals surface area (Å²) in [5.74, 6) is 0.347. The van der Waals surface area contributed by atoms with Gasteiger partial charge in [0.25, 0.3) is 0 Å². The van der Waals surface area contributed by atoms with Crippen LogP contribution >= 0.6 is 0 Å². The highest BCUT2D eigenvalue weighted by Crippen LogP contribution is 2.06. The van der Waals surface area contributed by atoms with Crippen LogP contribution in [-0.4, -0.2) is 16.8 Å². The Bertz CT molecular complexity index is 309. The summed E-state index contributed by atoms with van der Waals surface area (Å²) < 4.78 is 0. The summed E-state index contributed by atoms with van der Waals surface area (Å²) in [5.41, 5.74) is 6.84. The predicted octanol–water partition coefficient (Wildman–Crippen LogP) is 1.57. The zero-order valence-electron chi connectivity index (χ0n) is 9.31. The van der Waals surface area contributed by atoms with Gasteiger partial charge < -0.3 is 5.73 Å². The number of nitrogens with zero attached hydrogens (tertiary/aromatic N) is 1. The van der Waals surface area contributed by atoms with Crippen molar-refractivity contribution in [2.45, 2.75) is 32.7 Å². The third-order valence-electron chi connectivity index (χ3n) is 2.47. The maximum absolute atomic E-state index is 11.6. The number of aryl methyl sites for hydroxylation is 1. The van der Waals surface area contributed by atoms with Gasteiger partial charge >= 0.3 is 0 Å². The van der Waals surface area contributed by atoms with Crippen LogP contribution in [0.4, 0.5) is 0 Å². The van der Waals surface area contributed by atoms with Gasteiger partial charge in [-0.05, 0) is 24.0 Å². The molecular weight excluding hydrogens is 188 g/mol. The van der Waals surface area contributed by atoms with Crippen molar-refractivity contribution in [2.75, 3.05) is 0 Å². The van der Waals surface area contributed by atoms with Crippen LogP contribution in [-0.2, 0) is 11.2 Å². The first-order valence-electron chi connectivity index (χ1n) is 5.28. The van der Waals surface area contributed by atoms with Crippen LogP contribution in [0.1, 0.15) is 25.8 Å². The van der Waals surface area contributed by atoms with Crippen LogP contribution in [0.2, 0.25) is 0 Å². The Kier molecular flexibility index (Phi) is 4.43. The molecule has 0 aliphatic heterocycles. The Hall–Kier alpha value is -1.22. The highest BCUT2D eigenvalue weighted by atomic mass is 16.1. The molecule has 1 atom stereocenters. The topological polar surface area (TPSA) is 56.0 Å². The van der Waals surface area contributed by atoms with Crippen LogP contribution < -0.4 is 5.73 Å². The van der Waals surface area contributed by atoms with Crippen LogP contribution in [0.15, 0.2) is 24.5 Å². The lowest BCUT2D eigenvalue weighted by molar-refractivity contribution is -0.121. The third-order valence-corrected chi connectivity index (χ3v) is 2.47. The van der Waals surface area contributed by atoms with E-state index in [2.05, 4.69) is 4.98 Å². The van der Waals surface area contributed by atoms with E-state index >= 15 is 0 Å². The zero-order chi connectivity index (χ0) is 11.3. The molecule has 82 valence electrons. The third kappa shape index (κ3) is 3.80. The molecule has 0 aliphatic carbocycles. The number of ketones is 1. The van der Waals surface area contributed by atoms with Crippen molar-refractivity contribution in [1.82, 2.24) is 4.98 Å². The highest BCUT2D eigenvalue weighted by molar-refractivity contribution is 5.84. The molecule has 0 saturated heterocycles. The molecule has 15 heavy (non-hydrogen) atoms. The number of aromatic nitrogens is 1. The Morgan fingerprint density at radius 3 is 2.80 bits per heavy atom. The summed E-state index contributed by atoms with van der Waals surface area (Å²) in [6.07, 6.45) is 4.75. The highest BCUT2D eigenvalue weighted by Gasteiger charge is 2.16. The lowest BCUT2D eigenvalue weighted by Crippen LogP contribution is -2.35. The van der Waals surface area contributed by atoms with Crippen LogP contribution in [0.25, 0.3) is 0 Å². The minimum atomic E-state index is -0.332. The van der Waals surface area contributed by atoms with Crippen LogP contribution in [0.3, 0.4) is 0 Å². The minimum absolute atomic E-state index is 0.133. The van der Waals surface area contributed by atoms with Crippen molar-refractivity contribution in [3.8, 4) is 0 Å². The normalized spacial score (nSPS) is 12.8. The molecule has 3 heteroatoms. The molecule has 3 nitrogen and oxygen atoms in total. The van der Waals surface area contributed by atoms with Crippen molar-refractivity contribution >= 4 is 5.78 Å². The van der Waals surface area contributed by atoms with E-state index < -0.39 is 0 Å². The number of carbonyl (C=O) groups is 1. The van der Waals surface area contributed by atoms with Gasteiger partial charge in [-0.2, -0.15) is 0 Å². The van der Waals surface area contributed by atoms with E-state index in [9.17, 15) is 4.79 Å². The number of Topliss-reactive ketones (excluding diaryl/α,β-unsaturated/α-hetero) is 1. The predicted molar refractivity (Wildman–Crippen MR) is 60.4 cm³/mol. The molecular formula is C12H18N2O. The Balaban J connectivity index is 2.41. The number of hydrogen-bond acceptors (Lipinski definition) is 3. The van der Waals surface area contributed by atoms with Crippen molar-refractivity contribution in [2.24, 2.45) is 11.7 Å². The summed E-state index contributed by atoms with van der Waals surface area (Å²) in [6.45, 7) is 3.93. The molecule has 0 fully saturated rings. The van der Waals surface area contributed by atoms with E-state index in [-0.39, 0.29) is 17.7 Å². The summed E-state index contributed by atoms with van der Waals surface area (Å²) >= 11 is 0. The molecule has 1 rings (SSSR count). The number of hydrogen-bond donors (Lipinski definition) is 1. The smallest absolute Gasteiger partial charge is 0.150 e. The minimum Gasteiger partial charge on any atom is -0.321 e. The van der Waals surface area contributed by atoms with E-state index in [0.29, 0.717) is 6.42 Å². The summed E-state index contributed by atoms with van der Waals surface area (Å²) in [7, 11) is 0. The fraction of sp³-hybridized carbons (Fsp3) is 0.500. The number of carbonyl (C=O) groups excluding carboxylic acids is 1. The van der Waals surface area contributed by atoms with E-state index in [0.717, 1.165) is 12.0 Å². The van der Waals surface area contributed by atoms with E-state index in [1.165, 1.54) is 0 Å². The molecule has 1 aromatic heterocycles. The molecule has 0 saturated carbocycles. The fourth-order valence-corrected chi connectivity index (χ4v) is 1.35. The summed E-state index contributed by atoms with van der Waals surface area (Å²) in [5, 5.41) is 0. The number of pyridine rings is 1. The first kappa shape index (κ1) is 11.9. The second-order valence-corrected chi connectivity index (χ2v) is 4.10. The van der Waals surface area contributed by atoms with Gasteiger partial charge in [-0.15, -0.1) is 0 Å². The molecule has 0 unspecified atom stereocenters. The maximum atomic E-state index is 11.6. The van der Waals surface area contributed by atoms with Gasteiger partial charge in [0, 0.05) is 18.8 Å². The Morgan fingerprint density at radius 2 is 2.27 bits per heavy atom. The van der Waals surface area contributed by atoms with Crippen LogP contribution in [0.5, 0.6) is 0 Å². The molecule has 0 bridgehead atoms. The number of rotatable bonds is 5. The lowest BCUT2D eigenvalue weighted by atomic mass is 9.97. The second kappa shape index (κ2) is 5.61. The molecule has 0 spiro atoms. The lowest BCUT2D eigenvalue weighted by Gasteiger charge is -2.13. The van der Waals surface area contributed by atoms with Gasteiger partial charge in [0.05, 0.1) is 6.04 Å². The van der Waals surface area contributed by atoms with Crippen molar-refractivity contribution in [1.29, 1.82) is 0 Å². The summed E-state index contributed by atoms with van der Waals surface area (Å²) in [4.78, 5) is 15.6. The molecule has 2 N–H and O–H groups in total. The molecule has 0 aromatic carbocycles. The SMILES string of the molecule is CC(C)[C@@H](N)C(=O)CCc1cccnc1. The molecule has 0 radical (unpaired) electrons. The average molecular weight is 206 g/mol. The Labute approximate surface area is 90.7 Å².